The number of fused-ring (bicyclic) bond motifs is 1. The first-order valence-corrected chi connectivity index (χ1v) is 7.05. The molecule has 4 nitrogen and oxygen atoms in total. The Kier molecular flexibility index (Phi) is 4.38. The highest BCUT2D eigenvalue weighted by Crippen LogP contribution is 2.29. The summed E-state index contributed by atoms with van der Waals surface area (Å²) in [5, 5.41) is 1.04. The summed E-state index contributed by atoms with van der Waals surface area (Å²) in [7, 11) is 0. The molecule has 0 saturated carbocycles. The van der Waals surface area contributed by atoms with Gasteiger partial charge in [-0.1, -0.05) is 11.3 Å². The second kappa shape index (κ2) is 6.02. The number of aromatic nitrogens is 1. The minimum atomic E-state index is 0.738. The molecule has 5 heteroatoms. The standard InChI is InChI=1S/C13H19N3OS/c1-3-16(7-8-17-4-2)13-15-11-6-5-10(14)9-12(11)18-13/h5-6,9H,3-4,7-8,14H2,1-2H3. The highest BCUT2D eigenvalue weighted by atomic mass is 32.1. The first kappa shape index (κ1) is 13.1. The van der Waals surface area contributed by atoms with E-state index in [1.165, 1.54) is 0 Å². The Morgan fingerprint density at radius 2 is 2.22 bits per heavy atom. The Bertz CT molecular complexity index is 512. The van der Waals surface area contributed by atoms with Crippen LogP contribution >= 0.6 is 11.3 Å². The lowest BCUT2D eigenvalue weighted by Crippen LogP contribution is -2.26. The van der Waals surface area contributed by atoms with Gasteiger partial charge in [0.2, 0.25) is 0 Å². The number of benzene rings is 1. The van der Waals surface area contributed by atoms with Gasteiger partial charge in [-0.05, 0) is 32.0 Å². The van der Waals surface area contributed by atoms with Gasteiger partial charge in [-0.25, -0.2) is 4.98 Å². The summed E-state index contributed by atoms with van der Waals surface area (Å²) >= 11 is 1.68. The van der Waals surface area contributed by atoms with Crippen LogP contribution in [0.4, 0.5) is 10.8 Å². The van der Waals surface area contributed by atoms with E-state index >= 15 is 0 Å². The molecular weight excluding hydrogens is 246 g/mol. The number of nitrogens with zero attached hydrogens (tertiary/aromatic N) is 2. The first-order valence-electron chi connectivity index (χ1n) is 6.23. The molecular formula is C13H19N3OS. The smallest absolute Gasteiger partial charge is 0.186 e. The third kappa shape index (κ3) is 2.91. The van der Waals surface area contributed by atoms with Gasteiger partial charge in [-0.2, -0.15) is 0 Å². The molecule has 0 aliphatic heterocycles. The van der Waals surface area contributed by atoms with E-state index in [-0.39, 0.29) is 0 Å². The second-order valence-corrected chi connectivity index (χ2v) is 5.01. The summed E-state index contributed by atoms with van der Waals surface area (Å²) in [4.78, 5) is 6.87. The van der Waals surface area contributed by atoms with Gasteiger partial charge in [0.1, 0.15) is 0 Å². The molecule has 0 unspecified atom stereocenters. The van der Waals surface area contributed by atoms with E-state index in [4.69, 9.17) is 10.5 Å². The average Bonchev–Trinajstić information content (AvgIpc) is 2.77. The van der Waals surface area contributed by atoms with E-state index in [0.717, 1.165) is 47.3 Å². The molecule has 1 heterocycles. The number of thiazole rings is 1. The van der Waals surface area contributed by atoms with Crippen molar-refractivity contribution in [3.63, 3.8) is 0 Å². The molecule has 0 aliphatic rings. The molecule has 0 atom stereocenters. The normalized spacial score (nSPS) is 11.0. The number of likely N-dealkylation sites (N-methyl/N-ethyl adjacent to an activating group) is 1. The van der Waals surface area contributed by atoms with Crippen molar-refractivity contribution in [1.82, 2.24) is 4.98 Å². The van der Waals surface area contributed by atoms with Crippen LogP contribution < -0.4 is 10.6 Å². The summed E-state index contributed by atoms with van der Waals surface area (Å²) < 4.78 is 6.53. The van der Waals surface area contributed by atoms with E-state index in [1.54, 1.807) is 11.3 Å². The molecule has 0 fully saturated rings. The molecule has 2 rings (SSSR count). The third-order valence-electron chi connectivity index (χ3n) is 2.76. The Morgan fingerprint density at radius 3 is 2.94 bits per heavy atom. The quantitative estimate of drug-likeness (QED) is 0.644. The monoisotopic (exact) mass is 265 g/mol. The zero-order chi connectivity index (χ0) is 13.0. The minimum absolute atomic E-state index is 0.738. The maximum Gasteiger partial charge on any atom is 0.186 e. The summed E-state index contributed by atoms with van der Waals surface area (Å²) in [6.45, 7) is 7.45. The van der Waals surface area contributed by atoms with Crippen molar-refractivity contribution in [2.45, 2.75) is 13.8 Å². The van der Waals surface area contributed by atoms with Crippen molar-refractivity contribution in [2.24, 2.45) is 0 Å². The van der Waals surface area contributed by atoms with Gasteiger partial charge in [-0.15, -0.1) is 0 Å². The Balaban J connectivity index is 2.17. The summed E-state index contributed by atoms with van der Waals surface area (Å²) in [5.41, 5.74) is 7.59. The number of nitrogens with two attached hydrogens (primary N) is 1. The highest BCUT2D eigenvalue weighted by Gasteiger charge is 2.10. The van der Waals surface area contributed by atoms with Crippen molar-refractivity contribution in [2.75, 3.05) is 36.9 Å². The molecule has 0 aliphatic carbocycles. The maximum atomic E-state index is 5.79. The van der Waals surface area contributed by atoms with Gasteiger partial charge in [0.05, 0.1) is 16.8 Å². The fourth-order valence-corrected chi connectivity index (χ4v) is 2.88. The Hall–Kier alpha value is -1.33. The summed E-state index contributed by atoms with van der Waals surface area (Å²) in [6, 6.07) is 5.84. The van der Waals surface area contributed by atoms with E-state index in [2.05, 4.69) is 16.8 Å². The molecule has 0 spiro atoms. The van der Waals surface area contributed by atoms with Crippen molar-refractivity contribution in [1.29, 1.82) is 0 Å². The van der Waals surface area contributed by atoms with Crippen molar-refractivity contribution < 1.29 is 4.74 Å². The second-order valence-electron chi connectivity index (χ2n) is 4.00. The SMILES string of the molecule is CCOCCN(CC)c1nc2ccc(N)cc2s1. The number of ether oxygens (including phenoxy) is 1. The van der Waals surface area contributed by atoms with Gasteiger partial charge < -0.3 is 15.4 Å². The maximum absolute atomic E-state index is 5.79. The summed E-state index contributed by atoms with van der Waals surface area (Å²) in [6.07, 6.45) is 0. The lowest BCUT2D eigenvalue weighted by molar-refractivity contribution is 0.154. The first-order chi connectivity index (χ1) is 8.74. The van der Waals surface area contributed by atoms with Crippen LogP contribution in [0.15, 0.2) is 18.2 Å². The molecule has 98 valence electrons. The molecule has 2 aromatic rings. The van der Waals surface area contributed by atoms with Crippen molar-refractivity contribution in [3.8, 4) is 0 Å². The molecule has 1 aromatic heterocycles. The van der Waals surface area contributed by atoms with Gasteiger partial charge in [0.25, 0.3) is 0 Å². The highest BCUT2D eigenvalue weighted by molar-refractivity contribution is 7.22. The van der Waals surface area contributed by atoms with E-state index in [9.17, 15) is 0 Å². The predicted molar refractivity (Wildman–Crippen MR) is 78.4 cm³/mol. The summed E-state index contributed by atoms with van der Waals surface area (Å²) in [5.74, 6) is 0. The largest absolute Gasteiger partial charge is 0.399 e. The number of rotatable bonds is 6. The number of hydrogen-bond donors (Lipinski definition) is 1. The van der Waals surface area contributed by atoms with Crippen LogP contribution in [0.3, 0.4) is 0 Å². The van der Waals surface area contributed by atoms with Crippen LogP contribution in [0.1, 0.15) is 13.8 Å². The van der Waals surface area contributed by atoms with Crippen LogP contribution in [-0.4, -0.2) is 31.3 Å². The van der Waals surface area contributed by atoms with Gasteiger partial charge in [0.15, 0.2) is 5.13 Å². The molecule has 1 aromatic carbocycles. The topological polar surface area (TPSA) is 51.4 Å². The van der Waals surface area contributed by atoms with E-state index in [1.807, 2.05) is 25.1 Å². The lowest BCUT2D eigenvalue weighted by atomic mass is 10.3. The van der Waals surface area contributed by atoms with Crippen LogP contribution in [-0.2, 0) is 4.74 Å². The third-order valence-corrected chi connectivity index (χ3v) is 3.84. The Labute approximate surface area is 111 Å². The zero-order valence-corrected chi connectivity index (χ0v) is 11.7. The van der Waals surface area contributed by atoms with Crippen molar-refractivity contribution >= 4 is 32.4 Å². The van der Waals surface area contributed by atoms with Crippen LogP contribution in [0, 0.1) is 0 Å². The fourth-order valence-electron chi connectivity index (χ4n) is 1.77. The van der Waals surface area contributed by atoms with Crippen LogP contribution in [0.5, 0.6) is 0 Å². The van der Waals surface area contributed by atoms with E-state index in [0.29, 0.717) is 0 Å². The molecule has 0 bridgehead atoms. The van der Waals surface area contributed by atoms with Crippen LogP contribution in [0.2, 0.25) is 0 Å². The number of hydrogen-bond acceptors (Lipinski definition) is 5. The molecule has 0 saturated heterocycles. The molecule has 2 N–H and O–H groups in total. The van der Waals surface area contributed by atoms with E-state index < -0.39 is 0 Å². The van der Waals surface area contributed by atoms with Gasteiger partial charge >= 0.3 is 0 Å². The van der Waals surface area contributed by atoms with Crippen molar-refractivity contribution in [3.05, 3.63) is 18.2 Å². The molecule has 18 heavy (non-hydrogen) atoms. The minimum Gasteiger partial charge on any atom is -0.399 e. The molecule has 0 radical (unpaired) electrons. The number of nitrogen functional groups attached to an aromatic ring is 1. The molecule has 0 amide bonds. The fraction of sp³-hybridized carbons (Fsp3) is 0.462. The number of anilines is 2. The average molecular weight is 265 g/mol. The van der Waals surface area contributed by atoms with Gasteiger partial charge in [0, 0.05) is 25.4 Å². The van der Waals surface area contributed by atoms with Crippen LogP contribution in [0.25, 0.3) is 10.2 Å². The zero-order valence-electron chi connectivity index (χ0n) is 10.8. The lowest BCUT2D eigenvalue weighted by Gasteiger charge is -2.19. The predicted octanol–water partition coefficient (Wildman–Crippen LogP) is 2.74. The van der Waals surface area contributed by atoms with Gasteiger partial charge in [-0.3, -0.25) is 0 Å². The Morgan fingerprint density at radius 1 is 1.39 bits per heavy atom.